The van der Waals surface area contributed by atoms with E-state index >= 15 is 0 Å². The van der Waals surface area contributed by atoms with Gasteiger partial charge in [0.15, 0.2) is 0 Å². The van der Waals surface area contributed by atoms with Gasteiger partial charge >= 0.3 is 5.97 Å². The first-order valence-electron chi connectivity index (χ1n) is 12.9. The smallest absolute Gasteiger partial charge is 0.307 e. The number of halogens is 1. The van der Waals surface area contributed by atoms with Crippen LogP contribution in [0.3, 0.4) is 0 Å². The molecule has 1 aromatic heterocycles. The Morgan fingerprint density at radius 2 is 1.95 bits per heavy atom. The zero-order valence-corrected chi connectivity index (χ0v) is 22.8. The molecule has 8 nitrogen and oxygen atoms in total. The molecular formula is C28H33FN4O4S. The average Bonchev–Trinajstić information content (AvgIpc) is 3.56. The fraction of sp³-hybridized carbons (Fsp3) is 0.429. The van der Waals surface area contributed by atoms with Crippen LogP contribution in [-0.2, 0) is 4.79 Å². The predicted octanol–water partition coefficient (Wildman–Crippen LogP) is 5.19. The molecule has 0 saturated carbocycles. The van der Waals surface area contributed by atoms with Crippen LogP contribution in [0.25, 0.3) is 10.6 Å². The topological polar surface area (TPSA) is 95.9 Å². The van der Waals surface area contributed by atoms with Crippen molar-refractivity contribution in [3.8, 4) is 16.3 Å². The Hall–Kier alpha value is -3.37. The van der Waals surface area contributed by atoms with Gasteiger partial charge < -0.3 is 9.84 Å². The minimum atomic E-state index is -0.736. The van der Waals surface area contributed by atoms with Crippen molar-refractivity contribution < 1.29 is 23.8 Å². The van der Waals surface area contributed by atoms with Crippen molar-refractivity contribution >= 4 is 28.3 Å². The highest BCUT2D eigenvalue weighted by Crippen LogP contribution is 2.34. The second kappa shape index (κ2) is 12.4. The van der Waals surface area contributed by atoms with Crippen molar-refractivity contribution in [1.29, 1.82) is 0 Å². The van der Waals surface area contributed by atoms with E-state index in [1.54, 1.807) is 12.1 Å². The number of carboxylic acids is 1. The number of aromatic nitrogens is 2. The van der Waals surface area contributed by atoms with Crippen molar-refractivity contribution in [3.63, 3.8) is 0 Å². The number of likely N-dealkylation sites (tertiary alicyclic amines) is 1. The third-order valence-corrected chi connectivity index (χ3v) is 7.71. The number of anilines is 1. The third kappa shape index (κ3) is 6.36. The zero-order valence-electron chi connectivity index (χ0n) is 21.9. The average molecular weight is 541 g/mol. The van der Waals surface area contributed by atoms with Gasteiger partial charge in [0.1, 0.15) is 23.2 Å². The van der Waals surface area contributed by atoms with E-state index in [4.69, 9.17) is 4.74 Å². The summed E-state index contributed by atoms with van der Waals surface area (Å²) in [5, 5.41) is 18.9. The number of unbranched alkanes of at least 4 members (excludes halogenated alkanes) is 1. The van der Waals surface area contributed by atoms with E-state index in [1.807, 2.05) is 32.9 Å². The number of ether oxygens (including phenoxy) is 1. The van der Waals surface area contributed by atoms with E-state index in [1.165, 1.54) is 28.4 Å². The number of aryl methyl sites for hydroxylation is 2. The number of amides is 1. The molecule has 2 aromatic carbocycles. The van der Waals surface area contributed by atoms with Gasteiger partial charge in [0.2, 0.25) is 5.13 Å². The Morgan fingerprint density at radius 1 is 1.21 bits per heavy atom. The molecule has 38 heavy (non-hydrogen) atoms. The van der Waals surface area contributed by atoms with Crippen molar-refractivity contribution in [2.24, 2.45) is 5.92 Å². The van der Waals surface area contributed by atoms with Crippen LogP contribution in [0.1, 0.15) is 47.7 Å². The van der Waals surface area contributed by atoms with E-state index in [0.717, 1.165) is 41.8 Å². The van der Waals surface area contributed by atoms with E-state index < -0.39 is 17.7 Å². The first-order valence-corrected chi connectivity index (χ1v) is 13.7. The summed E-state index contributed by atoms with van der Waals surface area (Å²) in [6, 6.07) is 9.94. The van der Waals surface area contributed by atoms with Gasteiger partial charge in [-0.05, 0) is 68.6 Å². The molecule has 1 unspecified atom stereocenters. The molecule has 1 fully saturated rings. The molecule has 0 bridgehead atoms. The van der Waals surface area contributed by atoms with Crippen LogP contribution in [0, 0.1) is 25.6 Å². The van der Waals surface area contributed by atoms with Crippen molar-refractivity contribution in [3.05, 3.63) is 58.9 Å². The highest BCUT2D eigenvalue weighted by atomic mass is 32.1. The molecule has 0 radical (unpaired) electrons. The van der Waals surface area contributed by atoms with E-state index in [-0.39, 0.29) is 11.5 Å². The molecule has 1 saturated heterocycles. The lowest BCUT2D eigenvalue weighted by Gasteiger charge is -2.19. The standard InChI is InChI=1S/C28H33FN4O4S/c1-4-5-11-33(26(34)22-8-6-7-9-23(22)29)28-31-30-25(38-28)21-15-18(2)24(19(3)16-21)37-14-13-32-12-10-20(17-32)27(35)36/h6-9,15-16,20H,4-5,10-14,17H2,1-3H3,(H,35,36). The molecule has 1 amide bonds. The molecule has 0 spiro atoms. The van der Waals surface area contributed by atoms with Crippen molar-refractivity contribution in [2.75, 3.05) is 37.7 Å². The molecule has 3 aromatic rings. The summed E-state index contributed by atoms with van der Waals surface area (Å²) in [5.74, 6) is -1.22. The Bertz CT molecular complexity index is 1270. The molecule has 10 heteroatoms. The second-order valence-corrected chi connectivity index (χ2v) is 10.5. The predicted molar refractivity (Wildman–Crippen MR) is 145 cm³/mol. The number of rotatable bonds is 11. The van der Waals surface area contributed by atoms with Gasteiger partial charge in [-0.15, -0.1) is 10.2 Å². The molecule has 0 aliphatic carbocycles. The minimum absolute atomic E-state index is 0.0148. The van der Waals surface area contributed by atoms with Gasteiger partial charge in [-0.1, -0.05) is 36.8 Å². The Kier molecular flexibility index (Phi) is 9.06. The monoisotopic (exact) mass is 540 g/mol. The van der Waals surface area contributed by atoms with Crippen molar-refractivity contribution in [2.45, 2.75) is 40.0 Å². The quantitative estimate of drug-likeness (QED) is 0.357. The number of carbonyl (C=O) groups excluding carboxylic acids is 1. The number of carboxylic acid groups (broad SMARTS) is 1. The van der Waals surface area contributed by atoms with Crippen LogP contribution in [0.5, 0.6) is 5.75 Å². The molecule has 1 N–H and O–H groups in total. The van der Waals surface area contributed by atoms with Crippen LogP contribution in [-0.4, -0.2) is 64.9 Å². The number of aliphatic carboxylic acids is 1. The maximum atomic E-state index is 14.3. The summed E-state index contributed by atoms with van der Waals surface area (Å²) in [4.78, 5) is 28.0. The summed E-state index contributed by atoms with van der Waals surface area (Å²) in [6.07, 6.45) is 2.31. The fourth-order valence-corrected chi connectivity index (χ4v) is 5.49. The number of hydrogen-bond acceptors (Lipinski definition) is 7. The summed E-state index contributed by atoms with van der Waals surface area (Å²) in [6.45, 7) is 8.88. The number of hydrogen-bond donors (Lipinski definition) is 1. The van der Waals surface area contributed by atoms with Crippen LogP contribution in [0.15, 0.2) is 36.4 Å². The zero-order chi connectivity index (χ0) is 27.2. The third-order valence-electron chi connectivity index (χ3n) is 6.71. The summed E-state index contributed by atoms with van der Waals surface area (Å²) >= 11 is 1.30. The van der Waals surface area contributed by atoms with Crippen molar-refractivity contribution in [1.82, 2.24) is 15.1 Å². The highest BCUT2D eigenvalue weighted by molar-refractivity contribution is 7.18. The summed E-state index contributed by atoms with van der Waals surface area (Å²) < 4.78 is 20.4. The molecule has 202 valence electrons. The lowest BCUT2D eigenvalue weighted by atomic mass is 10.1. The number of nitrogens with zero attached hydrogens (tertiary/aromatic N) is 4. The number of carbonyl (C=O) groups is 2. The summed E-state index contributed by atoms with van der Waals surface area (Å²) in [5.41, 5.74) is 2.79. The molecule has 1 aliphatic heterocycles. The first kappa shape index (κ1) is 27.7. The van der Waals surface area contributed by atoms with Gasteiger partial charge in [0.05, 0.1) is 11.5 Å². The molecular weight excluding hydrogens is 507 g/mol. The van der Waals surface area contributed by atoms with Gasteiger partial charge in [0.25, 0.3) is 5.91 Å². The van der Waals surface area contributed by atoms with E-state index in [9.17, 15) is 19.1 Å². The van der Waals surface area contributed by atoms with Gasteiger partial charge in [-0.2, -0.15) is 0 Å². The Labute approximate surface area is 226 Å². The number of benzene rings is 2. The first-order chi connectivity index (χ1) is 18.3. The second-order valence-electron chi connectivity index (χ2n) is 9.59. The fourth-order valence-electron chi connectivity index (χ4n) is 4.64. The molecule has 4 rings (SSSR count). The minimum Gasteiger partial charge on any atom is -0.492 e. The lowest BCUT2D eigenvalue weighted by molar-refractivity contribution is -0.141. The van der Waals surface area contributed by atoms with Gasteiger partial charge in [0, 0.05) is 25.2 Å². The SMILES string of the molecule is CCCCN(C(=O)c1ccccc1F)c1nnc(-c2cc(C)c(OCCN3CCC(C(=O)O)C3)c(C)c2)s1. The van der Waals surface area contributed by atoms with Gasteiger partial charge in [-0.3, -0.25) is 19.4 Å². The summed E-state index contributed by atoms with van der Waals surface area (Å²) in [7, 11) is 0. The normalized spacial score (nSPS) is 15.5. The van der Waals surface area contributed by atoms with E-state index in [0.29, 0.717) is 42.8 Å². The maximum absolute atomic E-state index is 14.3. The molecule has 1 aliphatic rings. The van der Waals surface area contributed by atoms with Crippen LogP contribution in [0.4, 0.5) is 9.52 Å². The molecule has 1 atom stereocenters. The Morgan fingerprint density at radius 3 is 2.61 bits per heavy atom. The maximum Gasteiger partial charge on any atom is 0.307 e. The van der Waals surface area contributed by atoms with Crippen LogP contribution < -0.4 is 9.64 Å². The highest BCUT2D eigenvalue weighted by Gasteiger charge is 2.28. The largest absolute Gasteiger partial charge is 0.492 e. The van der Waals surface area contributed by atoms with Gasteiger partial charge in [-0.25, -0.2) is 4.39 Å². The van der Waals surface area contributed by atoms with Crippen LogP contribution in [0.2, 0.25) is 0 Å². The van der Waals surface area contributed by atoms with Crippen LogP contribution >= 0.6 is 11.3 Å². The lowest BCUT2D eigenvalue weighted by Crippen LogP contribution is -2.32. The molecule has 2 heterocycles. The van der Waals surface area contributed by atoms with E-state index in [2.05, 4.69) is 15.1 Å². The Balaban J connectivity index is 1.47.